The quantitative estimate of drug-likeness (QED) is 0.929. The number of rotatable bonds is 4. The Morgan fingerprint density at radius 3 is 2.52 bits per heavy atom. The first-order valence-corrected chi connectivity index (χ1v) is 7.65. The highest BCUT2D eigenvalue weighted by atomic mass is 35.5. The molecule has 1 saturated heterocycles. The van der Waals surface area contributed by atoms with Gasteiger partial charge in [0.15, 0.2) is 0 Å². The van der Waals surface area contributed by atoms with Gasteiger partial charge < -0.3 is 10.2 Å². The minimum atomic E-state index is -0.771. The van der Waals surface area contributed by atoms with Gasteiger partial charge in [-0.3, -0.25) is 9.59 Å². The number of aryl methyl sites for hydroxylation is 1. The van der Waals surface area contributed by atoms with E-state index in [1.54, 1.807) is 4.90 Å². The summed E-state index contributed by atoms with van der Waals surface area (Å²) in [4.78, 5) is 26.2. The molecular weight excluding hydrogens is 288 g/mol. The fourth-order valence-corrected chi connectivity index (χ4v) is 3.05. The molecule has 1 aromatic carbocycles. The zero-order valence-electron chi connectivity index (χ0n) is 12.7. The Balaban J connectivity index is 2.26. The number of carbonyl (C=O) groups is 2. The summed E-state index contributed by atoms with van der Waals surface area (Å²) in [6, 6.07) is 5.75. The summed E-state index contributed by atoms with van der Waals surface area (Å²) in [5, 5.41) is 3.49. The summed E-state index contributed by atoms with van der Waals surface area (Å²) in [5.41, 5.74) is 1.17. The minimum Gasteiger partial charge on any atom is -0.340 e. The van der Waals surface area contributed by atoms with Crippen LogP contribution in [0, 0.1) is 6.92 Å². The lowest BCUT2D eigenvalue weighted by Crippen LogP contribution is -2.65. The fourth-order valence-electron chi connectivity index (χ4n) is 2.75. The van der Waals surface area contributed by atoms with E-state index in [1.807, 2.05) is 39.0 Å². The van der Waals surface area contributed by atoms with E-state index in [4.69, 9.17) is 11.6 Å². The zero-order valence-corrected chi connectivity index (χ0v) is 13.5. The predicted molar refractivity (Wildman–Crippen MR) is 83.1 cm³/mol. The first-order chi connectivity index (χ1) is 9.91. The number of nitrogens with one attached hydrogen (secondary N) is 1. The van der Waals surface area contributed by atoms with Crippen molar-refractivity contribution in [3.05, 3.63) is 34.3 Å². The summed E-state index contributed by atoms with van der Waals surface area (Å²) in [6.07, 6.45) is 1.18. The van der Waals surface area contributed by atoms with Crippen molar-refractivity contribution >= 4 is 23.4 Å². The zero-order chi connectivity index (χ0) is 15.6. The summed E-state index contributed by atoms with van der Waals surface area (Å²) >= 11 is 6.23. The molecule has 1 aromatic rings. The van der Waals surface area contributed by atoms with E-state index in [1.165, 1.54) is 0 Å². The van der Waals surface area contributed by atoms with Gasteiger partial charge >= 0.3 is 0 Å². The molecule has 2 amide bonds. The maximum absolute atomic E-state index is 12.7. The third kappa shape index (κ3) is 3.05. The normalized spacial score (nSPS) is 17.8. The minimum absolute atomic E-state index is 0.0243. The van der Waals surface area contributed by atoms with Crippen LogP contribution in [-0.2, 0) is 16.1 Å². The first-order valence-electron chi connectivity index (χ1n) is 7.27. The summed E-state index contributed by atoms with van der Waals surface area (Å²) < 4.78 is 0. The summed E-state index contributed by atoms with van der Waals surface area (Å²) in [6.45, 7) is 6.26. The molecule has 0 saturated carbocycles. The van der Waals surface area contributed by atoms with Crippen LogP contribution in [-0.4, -0.2) is 28.8 Å². The molecule has 114 valence electrons. The smallest absolute Gasteiger partial charge is 0.249 e. The third-order valence-corrected chi connectivity index (χ3v) is 4.54. The number of amides is 2. The van der Waals surface area contributed by atoms with Crippen molar-refractivity contribution in [2.45, 2.75) is 45.7 Å². The molecule has 0 radical (unpaired) electrons. The molecule has 0 atom stereocenters. The van der Waals surface area contributed by atoms with Crippen molar-refractivity contribution < 1.29 is 9.59 Å². The number of piperazine rings is 1. The van der Waals surface area contributed by atoms with Gasteiger partial charge in [-0.2, -0.15) is 0 Å². The number of nitrogens with zero attached hydrogens (tertiary/aromatic N) is 1. The van der Waals surface area contributed by atoms with Crippen LogP contribution in [0.25, 0.3) is 0 Å². The van der Waals surface area contributed by atoms with Crippen LogP contribution in [0.4, 0.5) is 0 Å². The Kier molecular flexibility index (Phi) is 4.57. The molecule has 0 aliphatic carbocycles. The fraction of sp³-hybridized carbons (Fsp3) is 0.500. The van der Waals surface area contributed by atoms with E-state index in [0.29, 0.717) is 24.4 Å². The number of halogens is 1. The molecule has 0 aromatic heterocycles. The average Bonchev–Trinajstić information content (AvgIpc) is 2.45. The van der Waals surface area contributed by atoms with E-state index < -0.39 is 5.54 Å². The van der Waals surface area contributed by atoms with Crippen molar-refractivity contribution in [1.82, 2.24) is 10.2 Å². The van der Waals surface area contributed by atoms with Gasteiger partial charge in [-0.15, -0.1) is 0 Å². The number of hydrogen-bond acceptors (Lipinski definition) is 2. The van der Waals surface area contributed by atoms with Gasteiger partial charge in [0.25, 0.3) is 0 Å². The third-order valence-electron chi connectivity index (χ3n) is 4.19. The standard InChI is InChI=1S/C16H21ClN2O2/c1-4-16(5-2)15(21)19(10-14(20)18-16)9-12-7-6-11(3)8-13(12)17/h6-8H,4-5,9-10H2,1-3H3,(H,18,20). The lowest BCUT2D eigenvalue weighted by molar-refractivity contribution is -0.151. The maximum atomic E-state index is 12.7. The number of hydrogen-bond donors (Lipinski definition) is 1. The second kappa shape index (κ2) is 6.06. The van der Waals surface area contributed by atoms with Crippen molar-refractivity contribution in [2.24, 2.45) is 0 Å². The van der Waals surface area contributed by atoms with Crippen molar-refractivity contribution in [1.29, 1.82) is 0 Å². The van der Waals surface area contributed by atoms with E-state index >= 15 is 0 Å². The molecule has 0 unspecified atom stereocenters. The Labute approximate surface area is 130 Å². The second-order valence-electron chi connectivity index (χ2n) is 5.59. The van der Waals surface area contributed by atoms with Gasteiger partial charge in [0.1, 0.15) is 5.54 Å². The summed E-state index contributed by atoms with van der Waals surface area (Å²) in [5.74, 6) is -0.134. The van der Waals surface area contributed by atoms with E-state index in [0.717, 1.165) is 11.1 Å². The van der Waals surface area contributed by atoms with Crippen LogP contribution in [0.15, 0.2) is 18.2 Å². The number of carbonyl (C=O) groups excluding carboxylic acids is 2. The van der Waals surface area contributed by atoms with E-state index in [2.05, 4.69) is 5.32 Å². The maximum Gasteiger partial charge on any atom is 0.249 e. The molecule has 1 fully saturated rings. The Morgan fingerprint density at radius 1 is 1.29 bits per heavy atom. The van der Waals surface area contributed by atoms with Gasteiger partial charge in [0.05, 0.1) is 6.54 Å². The molecule has 0 bridgehead atoms. The van der Waals surface area contributed by atoms with Crippen LogP contribution >= 0.6 is 11.6 Å². The van der Waals surface area contributed by atoms with Gasteiger partial charge in [-0.1, -0.05) is 37.6 Å². The molecule has 2 rings (SSSR count). The Hall–Kier alpha value is -1.55. The van der Waals surface area contributed by atoms with E-state index in [-0.39, 0.29) is 18.4 Å². The first kappa shape index (κ1) is 15.8. The topological polar surface area (TPSA) is 49.4 Å². The predicted octanol–water partition coefficient (Wildman–Crippen LogP) is 2.67. The van der Waals surface area contributed by atoms with Crippen LogP contribution in [0.1, 0.15) is 37.8 Å². The van der Waals surface area contributed by atoms with Crippen molar-refractivity contribution in [2.75, 3.05) is 6.54 Å². The van der Waals surface area contributed by atoms with Crippen molar-refractivity contribution in [3.63, 3.8) is 0 Å². The molecule has 1 aliphatic rings. The number of benzene rings is 1. The van der Waals surface area contributed by atoms with Gasteiger partial charge in [0.2, 0.25) is 11.8 Å². The molecule has 1 heterocycles. The molecule has 0 spiro atoms. The lowest BCUT2D eigenvalue weighted by Gasteiger charge is -2.41. The second-order valence-corrected chi connectivity index (χ2v) is 6.00. The summed E-state index contributed by atoms with van der Waals surface area (Å²) in [7, 11) is 0. The van der Waals surface area contributed by atoms with Crippen molar-refractivity contribution in [3.8, 4) is 0 Å². The highest BCUT2D eigenvalue weighted by Crippen LogP contribution is 2.25. The van der Waals surface area contributed by atoms with Crippen LogP contribution in [0.2, 0.25) is 5.02 Å². The van der Waals surface area contributed by atoms with Gasteiger partial charge in [-0.25, -0.2) is 0 Å². The Bertz CT molecular complexity index is 567. The highest BCUT2D eigenvalue weighted by molar-refractivity contribution is 6.31. The molecule has 1 N–H and O–H groups in total. The average molecular weight is 309 g/mol. The van der Waals surface area contributed by atoms with Gasteiger partial charge in [0, 0.05) is 11.6 Å². The monoisotopic (exact) mass is 308 g/mol. The largest absolute Gasteiger partial charge is 0.340 e. The lowest BCUT2D eigenvalue weighted by atomic mass is 9.88. The molecular formula is C16H21ClN2O2. The van der Waals surface area contributed by atoms with Crippen LogP contribution in [0.5, 0.6) is 0 Å². The van der Waals surface area contributed by atoms with Crippen LogP contribution < -0.4 is 5.32 Å². The van der Waals surface area contributed by atoms with E-state index in [9.17, 15) is 9.59 Å². The Morgan fingerprint density at radius 2 is 1.95 bits per heavy atom. The molecule has 4 nitrogen and oxygen atoms in total. The van der Waals surface area contributed by atoms with Crippen LogP contribution in [0.3, 0.4) is 0 Å². The SMILES string of the molecule is CCC1(CC)NC(=O)CN(Cc2ccc(C)cc2Cl)C1=O. The molecule has 1 aliphatic heterocycles. The highest BCUT2D eigenvalue weighted by Gasteiger charge is 2.43. The molecule has 5 heteroatoms. The molecule has 21 heavy (non-hydrogen) atoms. The van der Waals surface area contributed by atoms with Gasteiger partial charge in [-0.05, 0) is 37.0 Å².